The van der Waals surface area contributed by atoms with Crippen molar-refractivity contribution in [2.45, 2.75) is 52.6 Å². The molecule has 0 radical (unpaired) electrons. The highest BCUT2D eigenvalue weighted by Gasteiger charge is 2.45. The summed E-state index contributed by atoms with van der Waals surface area (Å²) >= 11 is 0. The first-order valence-electron chi connectivity index (χ1n) is 7.14. The van der Waals surface area contributed by atoms with Crippen LogP contribution in [-0.2, 0) is 14.3 Å². The van der Waals surface area contributed by atoms with Crippen molar-refractivity contribution in [3.63, 3.8) is 0 Å². The van der Waals surface area contributed by atoms with E-state index in [0.717, 1.165) is 5.56 Å². The number of rotatable bonds is 2. The normalized spacial score (nSPS) is 20.4. The summed E-state index contributed by atoms with van der Waals surface area (Å²) in [4.78, 5) is 24.3. The number of esters is 2. The van der Waals surface area contributed by atoms with Gasteiger partial charge in [-0.2, -0.15) is 0 Å². The van der Waals surface area contributed by atoms with Gasteiger partial charge in [0.15, 0.2) is 0 Å². The monoisotopic (exact) mass is 290 g/mol. The van der Waals surface area contributed by atoms with Crippen LogP contribution in [0.15, 0.2) is 24.3 Å². The highest BCUT2D eigenvalue weighted by molar-refractivity contribution is 5.84. The molecule has 1 aromatic carbocycles. The maximum atomic E-state index is 12.2. The minimum Gasteiger partial charge on any atom is -0.460 e. The zero-order valence-electron chi connectivity index (χ0n) is 13.2. The fourth-order valence-corrected chi connectivity index (χ4v) is 2.54. The van der Waals surface area contributed by atoms with Crippen LogP contribution in [0.25, 0.3) is 0 Å². The maximum Gasteiger partial charge on any atom is 0.317 e. The van der Waals surface area contributed by atoms with Crippen molar-refractivity contribution in [1.29, 1.82) is 0 Å². The van der Waals surface area contributed by atoms with E-state index in [0.29, 0.717) is 5.75 Å². The second-order valence-electron chi connectivity index (χ2n) is 6.99. The van der Waals surface area contributed by atoms with Crippen molar-refractivity contribution < 1.29 is 19.1 Å². The van der Waals surface area contributed by atoms with Gasteiger partial charge in [0.05, 0.1) is 11.8 Å². The van der Waals surface area contributed by atoms with E-state index in [-0.39, 0.29) is 24.3 Å². The molecular formula is C17H22O4. The minimum absolute atomic E-state index is 0.163. The Morgan fingerprint density at radius 2 is 1.90 bits per heavy atom. The minimum atomic E-state index is -0.759. The van der Waals surface area contributed by atoms with Crippen molar-refractivity contribution in [3.05, 3.63) is 29.8 Å². The Labute approximate surface area is 125 Å². The molecule has 0 N–H and O–H groups in total. The molecule has 0 spiro atoms. The second kappa shape index (κ2) is 5.17. The summed E-state index contributed by atoms with van der Waals surface area (Å²) in [5, 5.41) is 0. The van der Waals surface area contributed by atoms with Crippen LogP contribution >= 0.6 is 0 Å². The van der Waals surface area contributed by atoms with E-state index in [9.17, 15) is 9.59 Å². The zero-order valence-corrected chi connectivity index (χ0v) is 13.2. The van der Waals surface area contributed by atoms with Gasteiger partial charge in [-0.15, -0.1) is 0 Å². The van der Waals surface area contributed by atoms with Gasteiger partial charge in [-0.05, 0) is 46.2 Å². The van der Waals surface area contributed by atoms with Crippen molar-refractivity contribution in [1.82, 2.24) is 0 Å². The van der Waals surface area contributed by atoms with E-state index >= 15 is 0 Å². The number of ether oxygens (including phenoxy) is 2. The van der Waals surface area contributed by atoms with Crippen LogP contribution in [0.4, 0.5) is 0 Å². The zero-order chi connectivity index (χ0) is 15.8. The van der Waals surface area contributed by atoms with Crippen LogP contribution in [0.2, 0.25) is 0 Å². The van der Waals surface area contributed by atoms with Crippen LogP contribution in [0.5, 0.6) is 5.75 Å². The number of hydrogen-bond acceptors (Lipinski definition) is 4. The molecule has 1 aliphatic heterocycles. The Bertz CT molecular complexity index is 566. The van der Waals surface area contributed by atoms with E-state index in [1.54, 1.807) is 19.9 Å². The summed E-state index contributed by atoms with van der Waals surface area (Å²) in [5.41, 5.74) is -0.408. The Morgan fingerprint density at radius 1 is 1.29 bits per heavy atom. The Morgan fingerprint density at radius 3 is 2.52 bits per heavy atom. The Kier molecular flexibility index (Phi) is 3.83. The van der Waals surface area contributed by atoms with E-state index in [1.165, 1.54) is 0 Å². The van der Waals surface area contributed by atoms with Gasteiger partial charge in [-0.1, -0.05) is 18.2 Å². The van der Waals surface area contributed by atoms with Crippen molar-refractivity contribution in [3.8, 4) is 5.75 Å². The molecule has 0 amide bonds. The smallest absolute Gasteiger partial charge is 0.317 e. The van der Waals surface area contributed by atoms with Gasteiger partial charge in [0, 0.05) is 5.92 Å². The van der Waals surface area contributed by atoms with Gasteiger partial charge in [0.1, 0.15) is 11.4 Å². The molecule has 114 valence electrons. The van der Waals surface area contributed by atoms with Gasteiger partial charge >= 0.3 is 11.9 Å². The lowest BCUT2D eigenvalue weighted by molar-refractivity contribution is -0.157. The van der Waals surface area contributed by atoms with Crippen molar-refractivity contribution >= 4 is 11.9 Å². The summed E-state index contributed by atoms with van der Waals surface area (Å²) < 4.78 is 10.8. The molecule has 1 aromatic rings. The average molecular weight is 290 g/mol. The molecule has 1 aliphatic rings. The lowest BCUT2D eigenvalue weighted by Gasteiger charge is -2.37. The lowest BCUT2D eigenvalue weighted by Crippen LogP contribution is -2.40. The van der Waals surface area contributed by atoms with Crippen LogP contribution in [0.3, 0.4) is 0 Å². The lowest BCUT2D eigenvalue weighted by atomic mass is 9.71. The van der Waals surface area contributed by atoms with Gasteiger partial charge in [0.2, 0.25) is 0 Å². The largest absolute Gasteiger partial charge is 0.460 e. The number of para-hydroxylation sites is 1. The predicted molar refractivity (Wildman–Crippen MR) is 79.1 cm³/mol. The molecule has 21 heavy (non-hydrogen) atoms. The van der Waals surface area contributed by atoms with E-state index < -0.39 is 11.0 Å². The fraction of sp³-hybridized carbons (Fsp3) is 0.529. The third kappa shape index (κ3) is 3.26. The summed E-state index contributed by atoms with van der Waals surface area (Å²) in [6.07, 6.45) is 0.163. The van der Waals surface area contributed by atoms with E-state index in [1.807, 2.05) is 39.0 Å². The van der Waals surface area contributed by atoms with Gasteiger partial charge in [-0.25, -0.2) is 0 Å². The molecule has 0 saturated heterocycles. The van der Waals surface area contributed by atoms with Crippen LogP contribution in [-0.4, -0.2) is 17.5 Å². The third-order valence-electron chi connectivity index (χ3n) is 3.69. The van der Waals surface area contributed by atoms with E-state index in [2.05, 4.69) is 0 Å². The summed E-state index contributed by atoms with van der Waals surface area (Å²) in [6, 6.07) is 7.36. The molecular weight excluding hydrogens is 268 g/mol. The van der Waals surface area contributed by atoms with Crippen LogP contribution in [0.1, 0.15) is 52.5 Å². The Hall–Kier alpha value is -1.84. The quantitative estimate of drug-likeness (QED) is 0.618. The molecule has 0 fully saturated rings. The Balaban J connectivity index is 2.31. The SMILES string of the molecule is CC(C)(C)OC(=O)CC1c2ccccc2OC(=O)C1(C)C. The standard InChI is InChI=1S/C17H22O4/c1-16(2,3)21-14(18)10-12-11-8-6-7-9-13(11)20-15(19)17(12,4)5/h6-9,12H,10H2,1-5H3. The molecule has 2 rings (SSSR count). The molecule has 1 atom stereocenters. The first kappa shape index (κ1) is 15.5. The van der Waals surface area contributed by atoms with Gasteiger partial charge in [0.25, 0.3) is 0 Å². The molecule has 1 unspecified atom stereocenters. The number of fused-ring (bicyclic) bond motifs is 1. The molecule has 4 nitrogen and oxygen atoms in total. The summed E-state index contributed by atoms with van der Waals surface area (Å²) in [6.45, 7) is 9.11. The summed E-state index contributed by atoms with van der Waals surface area (Å²) in [7, 11) is 0. The number of carbonyl (C=O) groups is 2. The fourth-order valence-electron chi connectivity index (χ4n) is 2.54. The highest BCUT2D eigenvalue weighted by atomic mass is 16.6. The maximum absolute atomic E-state index is 12.2. The molecule has 4 heteroatoms. The second-order valence-corrected chi connectivity index (χ2v) is 6.99. The molecule has 0 bridgehead atoms. The summed E-state index contributed by atoms with van der Waals surface area (Å²) in [5.74, 6) is -0.319. The molecule has 0 aromatic heterocycles. The van der Waals surface area contributed by atoms with Gasteiger partial charge in [-0.3, -0.25) is 9.59 Å². The van der Waals surface area contributed by atoms with Crippen molar-refractivity contribution in [2.24, 2.45) is 5.41 Å². The first-order valence-corrected chi connectivity index (χ1v) is 7.14. The van der Waals surface area contributed by atoms with Crippen LogP contribution in [0, 0.1) is 5.41 Å². The number of benzene rings is 1. The van der Waals surface area contributed by atoms with Crippen molar-refractivity contribution in [2.75, 3.05) is 0 Å². The topological polar surface area (TPSA) is 52.6 Å². The average Bonchev–Trinajstić information content (AvgIpc) is 2.33. The van der Waals surface area contributed by atoms with Crippen LogP contribution < -0.4 is 4.74 Å². The number of hydrogen-bond donors (Lipinski definition) is 0. The predicted octanol–water partition coefficient (Wildman–Crippen LogP) is 3.45. The molecule has 1 heterocycles. The molecule has 0 saturated carbocycles. The molecule has 0 aliphatic carbocycles. The highest BCUT2D eigenvalue weighted by Crippen LogP contribution is 2.47. The number of carbonyl (C=O) groups excluding carboxylic acids is 2. The first-order chi connectivity index (χ1) is 9.61. The van der Waals surface area contributed by atoms with E-state index in [4.69, 9.17) is 9.47 Å². The third-order valence-corrected chi connectivity index (χ3v) is 3.69. The van der Waals surface area contributed by atoms with Gasteiger partial charge < -0.3 is 9.47 Å².